The number of hydrogen-bond acceptors (Lipinski definition) is 4. The van der Waals surface area contributed by atoms with Gasteiger partial charge in [-0.2, -0.15) is 0 Å². The van der Waals surface area contributed by atoms with Crippen LogP contribution in [-0.2, 0) is 12.3 Å². The summed E-state index contributed by atoms with van der Waals surface area (Å²) in [4.78, 5) is 0. The highest BCUT2D eigenvalue weighted by atomic mass is 28.5. The molecule has 1 N–H and O–H groups in total. The minimum atomic E-state index is -2.76. The van der Waals surface area contributed by atoms with Gasteiger partial charge in [-0.25, -0.2) is 0 Å². The molecule has 21 heavy (non-hydrogen) atoms. The van der Waals surface area contributed by atoms with Crippen molar-refractivity contribution in [1.29, 1.82) is 0 Å². The Morgan fingerprint density at radius 2 is 1.00 bits per heavy atom. The van der Waals surface area contributed by atoms with E-state index in [-0.39, 0.29) is 5.67 Å². The van der Waals surface area contributed by atoms with Gasteiger partial charge in [0.25, 0.3) is 0 Å². The third kappa shape index (κ3) is 8.79. The van der Waals surface area contributed by atoms with Crippen LogP contribution in [0.4, 0.5) is 0 Å². The highest BCUT2D eigenvalue weighted by Gasteiger charge is 2.54. The first-order valence-corrected chi connectivity index (χ1v) is 19.9. The van der Waals surface area contributed by atoms with E-state index >= 15 is 0 Å². The van der Waals surface area contributed by atoms with Gasteiger partial charge in [0.2, 0.25) is 0 Å². The van der Waals surface area contributed by atoms with E-state index in [0.717, 1.165) is 6.42 Å². The standard InChI is InChI=1S/C13H37NO3Si4/c1-12-13(14-2)21(15-18(3,4)5,16-19(6,7)8)17-20(9,10)11/h13-14H,12H2,1-11H3. The first-order valence-electron chi connectivity index (χ1n) is 7.92. The van der Waals surface area contributed by atoms with Crippen molar-refractivity contribution in [3.8, 4) is 0 Å². The Hall–Kier alpha value is 0.708. The molecule has 0 rings (SSSR count). The van der Waals surface area contributed by atoms with E-state index < -0.39 is 33.8 Å². The molecular weight excluding hydrogens is 330 g/mol. The molecule has 0 aliphatic carbocycles. The van der Waals surface area contributed by atoms with Gasteiger partial charge in [-0.1, -0.05) is 6.92 Å². The molecule has 1 unspecified atom stereocenters. The summed E-state index contributed by atoms with van der Waals surface area (Å²) in [5.41, 5.74) is 0.169. The van der Waals surface area contributed by atoms with E-state index in [9.17, 15) is 0 Å². The van der Waals surface area contributed by atoms with Gasteiger partial charge in [0.05, 0.1) is 5.67 Å². The molecule has 1 atom stereocenters. The molecule has 4 nitrogen and oxygen atoms in total. The molecule has 0 saturated heterocycles. The summed E-state index contributed by atoms with van der Waals surface area (Å²) in [5, 5.41) is 3.41. The Labute approximate surface area is 136 Å². The third-order valence-electron chi connectivity index (χ3n) is 2.53. The first kappa shape index (κ1) is 21.7. The summed E-state index contributed by atoms with van der Waals surface area (Å²) < 4.78 is 20.0. The lowest BCUT2D eigenvalue weighted by Crippen LogP contribution is -2.69. The topological polar surface area (TPSA) is 39.7 Å². The zero-order valence-corrected chi connectivity index (χ0v) is 20.0. The molecule has 0 fully saturated rings. The molecule has 0 aliphatic heterocycles. The third-order valence-corrected chi connectivity index (χ3v) is 14.8. The first-order chi connectivity index (χ1) is 9.14. The molecule has 0 aromatic carbocycles. The van der Waals surface area contributed by atoms with Crippen molar-refractivity contribution in [3.05, 3.63) is 0 Å². The minimum absolute atomic E-state index is 0.169. The predicted molar refractivity (Wildman–Crippen MR) is 102 cm³/mol. The highest BCUT2D eigenvalue weighted by molar-refractivity contribution is 6.90. The van der Waals surface area contributed by atoms with Crippen LogP contribution < -0.4 is 5.32 Å². The lowest BCUT2D eigenvalue weighted by molar-refractivity contribution is 0.227. The summed E-state index contributed by atoms with van der Waals surface area (Å²) >= 11 is 0. The van der Waals surface area contributed by atoms with Gasteiger partial charge in [0.1, 0.15) is 0 Å². The van der Waals surface area contributed by atoms with Crippen molar-refractivity contribution >= 4 is 33.8 Å². The van der Waals surface area contributed by atoms with Crippen LogP contribution >= 0.6 is 0 Å². The van der Waals surface area contributed by atoms with Gasteiger partial charge >= 0.3 is 8.80 Å². The van der Waals surface area contributed by atoms with Crippen LogP contribution in [-0.4, -0.2) is 46.5 Å². The largest absolute Gasteiger partial charge is 0.487 e. The minimum Gasteiger partial charge on any atom is -0.416 e. The van der Waals surface area contributed by atoms with Crippen LogP contribution in [0.2, 0.25) is 58.9 Å². The summed E-state index contributed by atoms with van der Waals surface area (Å²) in [6.07, 6.45) is 0.960. The Morgan fingerprint density at radius 1 is 0.714 bits per heavy atom. The maximum Gasteiger partial charge on any atom is 0.487 e. The fourth-order valence-electron chi connectivity index (χ4n) is 2.19. The van der Waals surface area contributed by atoms with E-state index in [1.165, 1.54) is 0 Å². The van der Waals surface area contributed by atoms with Crippen LogP contribution in [0.3, 0.4) is 0 Å². The summed E-state index contributed by atoms with van der Waals surface area (Å²) in [6.45, 7) is 22.2. The van der Waals surface area contributed by atoms with Gasteiger partial charge in [0, 0.05) is 0 Å². The normalized spacial score (nSPS) is 16.1. The Bertz CT molecular complexity index is 276. The number of nitrogens with one attached hydrogen (secondary N) is 1. The average molecular weight is 368 g/mol. The van der Waals surface area contributed by atoms with Gasteiger partial charge in [-0.05, 0) is 72.4 Å². The number of hydrogen-bond donors (Lipinski definition) is 1. The zero-order chi connectivity index (χ0) is 17.1. The van der Waals surface area contributed by atoms with E-state index in [0.29, 0.717) is 0 Å². The van der Waals surface area contributed by atoms with Crippen LogP contribution in [0.15, 0.2) is 0 Å². The van der Waals surface area contributed by atoms with Crippen molar-refractivity contribution in [2.45, 2.75) is 77.9 Å². The van der Waals surface area contributed by atoms with E-state index in [2.05, 4.69) is 71.2 Å². The lowest BCUT2D eigenvalue weighted by Gasteiger charge is -2.46. The predicted octanol–water partition coefficient (Wildman–Crippen LogP) is 4.02. The van der Waals surface area contributed by atoms with E-state index in [1.807, 2.05) is 7.05 Å². The second-order valence-electron chi connectivity index (χ2n) is 8.50. The van der Waals surface area contributed by atoms with Gasteiger partial charge in [-0.3, -0.25) is 0 Å². The molecular formula is C13H37NO3Si4. The zero-order valence-electron chi connectivity index (χ0n) is 16.0. The van der Waals surface area contributed by atoms with Gasteiger partial charge < -0.3 is 17.7 Å². The van der Waals surface area contributed by atoms with Crippen LogP contribution in [0.1, 0.15) is 13.3 Å². The molecule has 0 spiro atoms. The van der Waals surface area contributed by atoms with Crippen molar-refractivity contribution in [1.82, 2.24) is 5.32 Å². The van der Waals surface area contributed by atoms with Crippen LogP contribution in [0.5, 0.6) is 0 Å². The quantitative estimate of drug-likeness (QED) is 0.625. The van der Waals surface area contributed by atoms with Gasteiger partial charge in [0.15, 0.2) is 25.0 Å². The van der Waals surface area contributed by atoms with Crippen molar-refractivity contribution in [2.24, 2.45) is 0 Å². The lowest BCUT2D eigenvalue weighted by atomic mass is 10.5. The molecule has 128 valence electrons. The van der Waals surface area contributed by atoms with Crippen LogP contribution in [0.25, 0.3) is 0 Å². The van der Waals surface area contributed by atoms with Crippen molar-refractivity contribution in [3.63, 3.8) is 0 Å². The average Bonchev–Trinajstić information content (AvgIpc) is 2.09. The molecule has 0 aliphatic rings. The molecule has 0 aromatic heterocycles. The maximum absolute atomic E-state index is 6.66. The smallest absolute Gasteiger partial charge is 0.416 e. The molecule has 0 radical (unpaired) electrons. The fraction of sp³-hybridized carbons (Fsp3) is 1.00. The fourth-order valence-corrected chi connectivity index (χ4v) is 16.6. The SMILES string of the molecule is CCC(NC)[Si](O[Si](C)(C)C)(O[Si](C)(C)C)O[Si](C)(C)C. The van der Waals surface area contributed by atoms with E-state index in [4.69, 9.17) is 12.3 Å². The molecule has 0 saturated carbocycles. The summed E-state index contributed by atoms with van der Waals surface area (Å²) in [6, 6.07) is 0. The van der Waals surface area contributed by atoms with Crippen molar-refractivity contribution < 1.29 is 12.3 Å². The Kier molecular flexibility index (Phi) is 7.77. The van der Waals surface area contributed by atoms with Crippen molar-refractivity contribution in [2.75, 3.05) is 7.05 Å². The second kappa shape index (κ2) is 7.52. The Morgan fingerprint density at radius 3 is 1.14 bits per heavy atom. The molecule has 0 bridgehead atoms. The molecule has 8 heteroatoms. The second-order valence-corrected chi connectivity index (χ2v) is 25.5. The molecule has 0 amide bonds. The monoisotopic (exact) mass is 367 g/mol. The summed E-state index contributed by atoms with van der Waals surface area (Å²) in [7, 11) is -6.08. The molecule has 0 aromatic rings. The Balaban J connectivity index is 5.80. The maximum atomic E-state index is 6.66. The summed E-state index contributed by atoms with van der Waals surface area (Å²) in [5.74, 6) is 0. The van der Waals surface area contributed by atoms with E-state index in [1.54, 1.807) is 0 Å². The number of rotatable bonds is 9. The highest BCUT2D eigenvalue weighted by Crippen LogP contribution is 2.29. The molecule has 0 heterocycles. The van der Waals surface area contributed by atoms with Crippen LogP contribution in [0, 0.1) is 0 Å². The van der Waals surface area contributed by atoms with Gasteiger partial charge in [-0.15, -0.1) is 0 Å².